The van der Waals surface area contributed by atoms with Crippen LogP contribution in [-0.4, -0.2) is 21.1 Å². The van der Waals surface area contributed by atoms with E-state index < -0.39 is 0 Å². The SMILES string of the molecule is CC(C)CNc1ncnc2c1c(-c1ccccc1)cn2-c1ccccc1Cl. The minimum atomic E-state index is 0.515. The van der Waals surface area contributed by atoms with Gasteiger partial charge < -0.3 is 5.32 Å². The molecule has 0 aliphatic rings. The van der Waals surface area contributed by atoms with Crippen LogP contribution in [0.4, 0.5) is 5.82 Å². The molecule has 0 unspecified atom stereocenters. The van der Waals surface area contributed by atoms with Crippen LogP contribution in [0.1, 0.15) is 13.8 Å². The van der Waals surface area contributed by atoms with Crippen LogP contribution in [0.3, 0.4) is 0 Å². The molecule has 0 aliphatic heterocycles. The van der Waals surface area contributed by atoms with Gasteiger partial charge in [-0.25, -0.2) is 9.97 Å². The van der Waals surface area contributed by atoms with Gasteiger partial charge in [0.15, 0.2) is 5.65 Å². The summed E-state index contributed by atoms with van der Waals surface area (Å²) in [5, 5.41) is 5.17. The van der Waals surface area contributed by atoms with Crippen LogP contribution >= 0.6 is 11.6 Å². The van der Waals surface area contributed by atoms with Gasteiger partial charge in [-0.2, -0.15) is 0 Å². The highest BCUT2D eigenvalue weighted by molar-refractivity contribution is 6.32. The largest absolute Gasteiger partial charge is 0.369 e. The highest BCUT2D eigenvalue weighted by Gasteiger charge is 2.18. The van der Waals surface area contributed by atoms with Crippen LogP contribution in [-0.2, 0) is 0 Å². The molecule has 0 aliphatic carbocycles. The number of hydrogen-bond acceptors (Lipinski definition) is 3. The van der Waals surface area contributed by atoms with Crippen LogP contribution in [0.2, 0.25) is 5.02 Å². The lowest BCUT2D eigenvalue weighted by Gasteiger charge is -2.11. The zero-order valence-electron chi connectivity index (χ0n) is 15.4. The molecule has 0 bridgehead atoms. The first-order chi connectivity index (χ1) is 13.1. The quantitative estimate of drug-likeness (QED) is 0.478. The van der Waals surface area contributed by atoms with E-state index in [0.29, 0.717) is 10.9 Å². The first-order valence-corrected chi connectivity index (χ1v) is 9.43. The monoisotopic (exact) mass is 376 g/mol. The number of para-hydroxylation sites is 1. The van der Waals surface area contributed by atoms with E-state index in [1.165, 1.54) is 0 Å². The normalized spacial score (nSPS) is 11.3. The van der Waals surface area contributed by atoms with Crippen molar-refractivity contribution in [3.05, 3.63) is 72.1 Å². The van der Waals surface area contributed by atoms with Gasteiger partial charge in [-0.3, -0.25) is 4.57 Å². The molecule has 27 heavy (non-hydrogen) atoms. The Morgan fingerprint density at radius 1 is 1.00 bits per heavy atom. The molecule has 2 aromatic heterocycles. The van der Waals surface area contributed by atoms with Crippen molar-refractivity contribution in [3.63, 3.8) is 0 Å². The van der Waals surface area contributed by atoms with Crippen LogP contribution in [0.15, 0.2) is 67.1 Å². The average Bonchev–Trinajstić information content (AvgIpc) is 3.07. The van der Waals surface area contributed by atoms with E-state index in [1.54, 1.807) is 6.33 Å². The van der Waals surface area contributed by atoms with E-state index in [9.17, 15) is 0 Å². The second-order valence-corrected chi connectivity index (χ2v) is 7.33. The number of nitrogens with one attached hydrogen (secondary N) is 1. The van der Waals surface area contributed by atoms with Gasteiger partial charge in [0, 0.05) is 18.3 Å². The van der Waals surface area contributed by atoms with Crippen LogP contribution in [0.5, 0.6) is 0 Å². The van der Waals surface area contributed by atoms with E-state index in [-0.39, 0.29) is 0 Å². The van der Waals surface area contributed by atoms with Gasteiger partial charge in [0.1, 0.15) is 12.1 Å². The van der Waals surface area contributed by atoms with Gasteiger partial charge in [-0.05, 0) is 23.6 Å². The highest BCUT2D eigenvalue weighted by Crippen LogP contribution is 2.36. The van der Waals surface area contributed by atoms with Crippen molar-refractivity contribution in [3.8, 4) is 16.8 Å². The number of fused-ring (bicyclic) bond motifs is 1. The Bertz CT molecular complexity index is 1070. The zero-order chi connectivity index (χ0) is 18.8. The summed E-state index contributed by atoms with van der Waals surface area (Å²) in [6, 6.07) is 18.1. The predicted molar refractivity (Wildman–Crippen MR) is 113 cm³/mol. The number of aromatic nitrogens is 3. The molecule has 4 aromatic rings. The first-order valence-electron chi connectivity index (χ1n) is 9.05. The second kappa shape index (κ2) is 7.41. The molecule has 0 saturated heterocycles. The molecule has 0 saturated carbocycles. The Kier molecular flexibility index (Phi) is 4.82. The molecule has 0 spiro atoms. The molecular weight excluding hydrogens is 356 g/mol. The van der Waals surface area contributed by atoms with Crippen LogP contribution < -0.4 is 5.32 Å². The fourth-order valence-corrected chi connectivity index (χ4v) is 3.39. The maximum atomic E-state index is 6.48. The summed E-state index contributed by atoms with van der Waals surface area (Å²) in [5.74, 6) is 1.36. The van der Waals surface area contributed by atoms with Gasteiger partial charge in [-0.1, -0.05) is 67.9 Å². The van der Waals surface area contributed by atoms with Gasteiger partial charge in [0.05, 0.1) is 16.1 Å². The molecule has 4 nitrogen and oxygen atoms in total. The Labute approximate surface area is 163 Å². The zero-order valence-corrected chi connectivity index (χ0v) is 16.1. The lowest BCUT2D eigenvalue weighted by molar-refractivity contribution is 0.687. The Balaban J connectivity index is 1.99. The summed E-state index contributed by atoms with van der Waals surface area (Å²) in [7, 11) is 0. The molecule has 0 fully saturated rings. The van der Waals surface area contributed by atoms with Crippen molar-refractivity contribution in [2.45, 2.75) is 13.8 Å². The summed E-state index contributed by atoms with van der Waals surface area (Å²) >= 11 is 6.48. The van der Waals surface area contributed by atoms with Gasteiger partial charge in [0.25, 0.3) is 0 Å². The molecule has 5 heteroatoms. The summed E-state index contributed by atoms with van der Waals surface area (Å²) in [6.07, 6.45) is 3.70. The lowest BCUT2D eigenvalue weighted by Crippen LogP contribution is -2.09. The van der Waals surface area contributed by atoms with Crippen molar-refractivity contribution in [2.75, 3.05) is 11.9 Å². The highest BCUT2D eigenvalue weighted by atomic mass is 35.5. The predicted octanol–water partition coefficient (Wildman–Crippen LogP) is 5.81. The summed E-state index contributed by atoms with van der Waals surface area (Å²) in [6.45, 7) is 5.20. The molecule has 2 heterocycles. The second-order valence-electron chi connectivity index (χ2n) is 6.93. The van der Waals surface area contributed by atoms with Gasteiger partial charge in [-0.15, -0.1) is 0 Å². The minimum absolute atomic E-state index is 0.515. The average molecular weight is 377 g/mol. The van der Waals surface area contributed by atoms with Crippen molar-refractivity contribution < 1.29 is 0 Å². The maximum absolute atomic E-state index is 6.48. The van der Waals surface area contributed by atoms with E-state index in [4.69, 9.17) is 11.6 Å². The van der Waals surface area contributed by atoms with Crippen molar-refractivity contribution in [1.82, 2.24) is 14.5 Å². The van der Waals surface area contributed by atoms with Crippen LogP contribution in [0.25, 0.3) is 27.8 Å². The number of anilines is 1. The van der Waals surface area contributed by atoms with Crippen LogP contribution in [0, 0.1) is 5.92 Å². The lowest BCUT2D eigenvalue weighted by atomic mass is 10.1. The van der Waals surface area contributed by atoms with E-state index in [2.05, 4.69) is 47.5 Å². The van der Waals surface area contributed by atoms with E-state index in [1.807, 2.05) is 47.0 Å². The Morgan fingerprint density at radius 2 is 1.74 bits per heavy atom. The fraction of sp³-hybridized carbons (Fsp3) is 0.182. The van der Waals surface area contributed by atoms with E-state index >= 15 is 0 Å². The summed E-state index contributed by atoms with van der Waals surface area (Å²) < 4.78 is 2.04. The Morgan fingerprint density at radius 3 is 2.48 bits per heavy atom. The topological polar surface area (TPSA) is 42.7 Å². The minimum Gasteiger partial charge on any atom is -0.369 e. The van der Waals surface area contributed by atoms with Crippen molar-refractivity contribution >= 4 is 28.5 Å². The molecule has 0 amide bonds. The smallest absolute Gasteiger partial charge is 0.150 e. The third-order valence-corrected chi connectivity index (χ3v) is 4.78. The number of hydrogen-bond donors (Lipinski definition) is 1. The fourth-order valence-electron chi connectivity index (χ4n) is 3.16. The number of benzene rings is 2. The Hall–Kier alpha value is -2.85. The third kappa shape index (κ3) is 3.40. The summed E-state index contributed by atoms with van der Waals surface area (Å²) in [4.78, 5) is 9.11. The van der Waals surface area contributed by atoms with Gasteiger partial charge >= 0.3 is 0 Å². The third-order valence-electron chi connectivity index (χ3n) is 4.46. The maximum Gasteiger partial charge on any atom is 0.150 e. The standard InChI is InChI=1S/C22H21ClN4/c1-15(2)12-24-21-20-17(16-8-4-3-5-9-16)13-27(22(20)26-14-25-21)19-11-7-6-10-18(19)23/h3-11,13-15H,12H2,1-2H3,(H,24,25,26). The molecule has 0 atom stereocenters. The number of rotatable bonds is 5. The molecule has 2 aromatic carbocycles. The van der Waals surface area contributed by atoms with Crippen molar-refractivity contribution in [2.24, 2.45) is 5.92 Å². The molecule has 0 radical (unpaired) electrons. The molecule has 4 rings (SSSR count). The molecule has 1 N–H and O–H groups in total. The first kappa shape index (κ1) is 17.6. The number of nitrogens with zero attached hydrogens (tertiary/aromatic N) is 3. The summed E-state index contributed by atoms with van der Waals surface area (Å²) in [5.41, 5.74) is 3.94. The molecular formula is C22H21ClN4. The molecule has 136 valence electrons. The van der Waals surface area contributed by atoms with Gasteiger partial charge in [0.2, 0.25) is 0 Å². The number of halogens is 1. The van der Waals surface area contributed by atoms with Crippen molar-refractivity contribution in [1.29, 1.82) is 0 Å². The van der Waals surface area contributed by atoms with E-state index in [0.717, 1.165) is 40.2 Å².